The Morgan fingerprint density at radius 3 is 2.74 bits per heavy atom. The first-order chi connectivity index (χ1) is 9.38. The lowest BCUT2D eigenvalue weighted by molar-refractivity contribution is 0.290. The van der Waals surface area contributed by atoms with Crippen molar-refractivity contribution in [3.63, 3.8) is 0 Å². The molecule has 0 amide bonds. The normalized spacial score (nSPS) is 17.1. The summed E-state index contributed by atoms with van der Waals surface area (Å²) in [6.07, 6.45) is 0. The molecule has 0 atom stereocenters. The van der Waals surface area contributed by atoms with Crippen molar-refractivity contribution in [1.82, 2.24) is 14.5 Å². The van der Waals surface area contributed by atoms with Gasteiger partial charge in [0.25, 0.3) is 0 Å². The smallest absolute Gasteiger partial charge is 0.124 e. The van der Waals surface area contributed by atoms with Gasteiger partial charge < -0.3 is 4.57 Å². The Kier molecular flexibility index (Phi) is 4.31. The van der Waals surface area contributed by atoms with Gasteiger partial charge in [0.2, 0.25) is 0 Å². The lowest BCUT2D eigenvalue weighted by atomic mass is 10.3. The van der Waals surface area contributed by atoms with E-state index in [1.165, 1.54) is 30.1 Å². The van der Waals surface area contributed by atoms with Gasteiger partial charge >= 0.3 is 0 Å². The SMILES string of the molecule is ClCc1nc2ccccc2n1CCN1CCSCC1. The largest absolute Gasteiger partial charge is 0.326 e. The Labute approximate surface area is 122 Å². The van der Waals surface area contributed by atoms with Gasteiger partial charge in [-0.15, -0.1) is 11.6 Å². The highest BCUT2D eigenvalue weighted by atomic mass is 35.5. The van der Waals surface area contributed by atoms with Crippen LogP contribution in [0, 0.1) is 0 Å². The van der Waals surface area contributed by atoms with Gasteiger partial charge in [0.05, 0.1) is 16.9 Å². The van der Waals surface area contributed by atoms with Crippen molar-refractivity contribution in [2.45, 2.75) is 12.4 Å². The molecule has 1 fully saturated rings. The first kappa shape index (κ1) is 13.3. The van der Waals surface area contributed by atoms with E-state index in [0.717, 1.165) is 24.4 Å². The van der Waals surface area contributed by atoms with E-state index in [0.29, 0.717) is 5.88 Å². The molecule has 2 heterocycles. The zero-order chi connectivity index (χ0) is 13.1. The van der Waals surface area contributed by atoms with Crippen LogP contribution in [0.25, 0.3) is 11.0 Å². The summed E-state index contributed by atoms with van der Waals surface area (Å²) in [4.78, 5) is 7.13. The first-order valence-corrected chi connectivity index (χ1v) is 8.37. The van der Waals surface area contributed by atoms with Crippen molar-refractivity contribution in [3.8, 4) is 0 Å². The third-order valence-corrected chi connectivity index (χ3v) is 4.78. The van der Waals surface area contributed by atoms with Crippen LogP contribution in [-0.2, 0) is 12.4 Å². The van der Waals surface area contributed by atoms with E-state index < -0.39 is 0 Å². The van der Waals surface area contributed by atoms with Crippen LogP contribution in [0.3, 0.4) is 0 Å². The second kappa shape index (κ2) is 6.16. The zero-order valence-electron chi connectivity index (χ0n) is 10.9. The fraction of sp³-hybridized carbons (Fsp3) is 0.500. The summed E-state index contributed by atoms with van der Waals surface area (Å²) < 4.78 is 2.27. The average molecular weight is 296 g/mol. The van der Waals surface area contributed by atoms with Crippen LogP contribution in [-0.4, -0.2) is 45.6 Å². The molecule has 102 valence electrons. The molecule has 0 saturated carbocycles. The van der Waals surface area contributed by atoms with E-state index >= 15 is 0 Å². The standard InChI is InChI=1S/C14H18ClN3S/c15-11-14-16-12-3-1-2-4-13(12)18(14)6-5-17-7-9-19-10-8-17/h1-4H,5-11H2. The minimum Gasteiger partial charge on any atom is -0.326 e. The summed E-state index contributed by atoms with van der Waals surface area (Å²) in [6.45, 7) is 4.47. The Balaban J connectivity index is 1.78. The van der Waals surface area contributed by atoms with Gasteiger partial charge in [-0.1, -0.05) is 12.1 Å². The van der Waals surface area contributed by atoms with E-state index in [1.54, 1.807) is 0 Å². The van der Waals surface area contributed by atoms with Crippen LogP contribution < -0.4 is 0 Å². The Hall–Kier alpha value is -0.710. The third-order valence-electron chi connectivity index (χ3n) is 3.60. The molecule has 1 saturated heterocycles. The van der Waals surface area contributed by atoms with Crippen molar-refractivity contribution < 1.29 is 0 Å². The van der Waals surface area contributed by atoms with Gasteiger partial charge in [-0.2, -0.15) is 11.8 Å². The molecule has 5 heteroatoms. The number of aromatic nitrogens is 2. The molecule has 0 radical (unpaired) electrons. The maximum Gasteiger partial charge on any atom is 0.124 e. The molecule has 0 bridgehead atoms. The van der Waals surface area contributed by atoms with Crippen molar-refractivity contribution >= 4 is 34.4 Å². The topological polar surface area (TPSA) is 21.1 Å². The number of para-hydroxylation sites is 2. The fourth-order valence-electron chi connectivity index (χ4n) is 2.54. The number of rotatable bonds is 4. The Morgan fingerprint density at radius 2 is 1.95 bits per heavy atom. The predicted octanol–water partition coefficient (Wildman–Crippen LogP) is 2.82. The summed E-state index contributed by atoms with van der Waals surface area (Å²) in [5, 5.41) is 0. The summed E-state index contributed by atoms with van der Waals surface area (Å²) in [5.74, 6) is 3.97. The van der Waals surface area contributed by atoms with Gasteiger partial charge in [-0.3, -0.25) is 4.90 Å². The number of hydrogen-bond acceptors (Lipinski definition) is 3. The highest BCUT2D eigenvalue weighted by molar-refractivity contribution is 7.99. The van der Waals surface area contributed by atoms with Crippen LogP contribution in [0.1, 0.15) is 5.82 Å². The molecule has 0 N–H and O–H groups in total. The second-order valence-corrected chi connectivity index (χ2v) is 6.25. The van der Waals surface area contributed by atoms with Crippen molar-refractivity contribution in [2.24, 2.45) is 0 Å². The number of halogens is 1. The molecular weight excluding hydrogens is 278 g/mol. The number of imidazole rings is 1. The average Bonchev–Trinajstić information content (AvgIpc) is 2.84. The molecule has 1 aliphatic heterocycles. The number of benzene rings is 1. The maximum atomic E-state index is 6.02. The van der Waals surface area contributed by atoms with E-state index in [2.05, 4.69) is 44.4 Å². The summed E-state index contributed by atoms with van der Waals surface area (Å²) in [5.41, 5.74) is 2.25. The molecule has 0 unspecified atom stereocenters. The minimum atomic E-state index is 0.477. The molecule has 1 aromatic heterocycles. The van der Waals surface area contributed by atoms with Crippen molar-refractivity contribution in [2.75, 3.05) is 31.1 Å². The summed E-state index contributed by atoms with van der Waals surface area (Å²) in [6, 6.07) is 8.28. The van der Waals surface area contributed by atoms with Crippen molar-refractivity contribution in [3.05, 3.63) is 30.1 Å². The van der Waals surface area contributed by atoms with Crippen LogP contribution in [0.2, 0.25) is 0 Å². The number of fused-ring (bicyclic) bond motifs is 1. The molecule has 1 aromatic carbocycles. The van der Waals surface area contributed by atoms with E-state index in [4.69, 9.17) is 11.6 Å². The van der Waals surface area contributed by atoms with Gasteiger partial charge in [-0.05, 0) is 12.1 Å². The zero-order valence-corrected chi connectivity index (χ0v) is 12.5. The monoisotopic (exact) mass is 295 g/mol. The van der Waals surface area contributed by atoms with Crippen LogP contribution in [0.15, 0.2) is 24.3 Å². The van der Waals surface area contributed by atoms with Crippen molar-refractivity contribution in [1.29, 1.82) is 0 Å². The first-order valence-electron chi connectivity index (χ1n) is 6.68. The molecule has 1 aliphatic rings. The van der Waals surface area contributed by atoms with Gasteiger partial charge in [-0.25, -0.2) is 4.98 Å². The van der Waals surface area contributed by atoms with Crippen LogP contribution in [0.4, 0.5) is 0 Å². The molecule has 19 heavy (non-hydrogen) atoms. The Bertz CT molecular complexity index is 549. The lowest BCUT2D eigenvalue weighted by Gasteiger charge is -2.26. The highest BCUT2D eigenvalue weighted by Gasteiger charge is 2.13. The molecule has 0 spiro atoms. The lowest BCUT2D eigenvalue weighted by Crippen LogP contribution is -2.35. The molecule has 3 rings (SSSR count). The van der Waals surface area contributed by atoms with Gasteiger partial charge in [0.1, 0.15) is 5.82 Å². The highest BCUT2D eigenvalue weighted by Crippen LogP contribution is 2.18. The number of nitrogens with zero attached hydrogens (tertiary/aromatic N) is 3. The van der Waals surface area contributed by atoms with E-state index in [1.807, 2.05) is 6.07 Å². The van der Waals surface area contributed by atoms with Gasteiger partial charge in [0.15, 0.2) is 0 Å². The van der Waals surface area contributed by atoms with Gasteiger partial charge in [0, 0.05) is 37.7 Å². The molecule has 3 nitrogen and oxygen atoms in total. The molecule has 2 aromatic rings. The second-order valence-electron chi connectivity index (χ2n) is 4.76. The quantitative estimate of drug-likeness (QED) is 0.810. The van der Waals surface area contributed by atoms with Crippen LogP contribution in [0.5, 0.6) is 0 Å². The number of alkyl halides is 1. The van der Waals surface area contributed by atoms with E-state index in [9.17, 15) is 0 Å². The molecule has 0 aliphatic carbocycles. The maximum absolute atomic E-state index is 6.02. The number of hydrogen-bond donors (Lipinski definition) is 0. The fourth-order valence-corrected chi connectivity index (χ4v) is 3.73. The summed E-state index contributed by atoms with van der Waals surface area (Å²) >= 11 is 8.08. The third kappa shape index (κ3) is 2.91. The predicted molar refractivity (Wildman–Crippen MR) is 83.1 cm³/mol. The van der Waals surface area contributed by atoms with Crippen LogP contribution >= 0.6 is 23.4 Å². The minimum absolute atomic E-state index is 0.477. The van der Waals surface area contributed by atoms with E-state index in [-0.39, 0.29) is 0 Å². The number of thioether (sulfide) groups is 1. The summed E-state index contributed by atoms with van der Waals surface area (Å²) in [7, 11) is 0. The molecular formula is C14H18ClN3S. The Morgan fingerprint density at radius 1 is 1.16 bits per heavy atom.